The minimum atomic E-state index is -0.370. The topological polar surface area (TPSA) is 57.4 Å². The summed E-state index contributed by atoms with van der Waals surface area (Å²) in [4.78, 5) is 5.02. The molecular formula is C12H19BN2O2S2. The summed E-state index contributed by atoms with van der Waals surface area (Å²) in [5.74, 6) is 0.564. The number of hydrogen-bond acceptors (Lipinski definition) is 6. The van der Waals surface area contributed by atoms with Gasteiger partial charge in [0.15, 0.2) is 5.13 Å². The van der Waals surface area contributed by atoms with Crippen LogP contribution in [0.2, 0.25) is 0 Å². The van der Waals surface area contributed by atoms with Gasteiger partial charge in [-0.15, -0.1) is 0 Å². The zero-order valence-electron chi connectivity index (χ0n) is 11.6. The van der Waals surface area contributed by atoms with Crippen molar-refractivity contribution >= 4 is 42.3 Å². The second-order valence-electron chi connectivity index (χ2n) is 5.57. The molecule has 0 bridgehead atoms. The minimum Gasteiger partial charge on any atom is -0.400 e. The van der Waals surface area contributed by atoms with E-state index in [0.29, 0.717) is 10.9 Å². The fourth-order valence-electron chi connectivity index (χ4n) is 1.73. The van der Waals surface area contributed by atoms with Gasteiger partial charge in [0.1, 0.15) is 0 Å². The first-order valence-corrected chi connectivity index (χ1v) is 7.58. The summed E-state index contributed by atoms with van der Waals surface area (Å²) < 4.78 is 12.0. The number of nitrogens with two attached hydrogens (primary N) is 1. The molecule has 0 aliphatic carbocycles. The summed E-state index contributed by atoms with van der Waals surface area (Å²) in [7, 11) is -0.370. The number of thiol groups is 1. The number of aromatic nitrogens is 1. The standard InChI is InChI=1S/C12H19BN2O2S2/c1-11(2)12(3,4)17-13(16-11)8(7-18)5-9-6-15-10(14)19-9/h5-6,18H,7H2,1-4H3,(H2,14,15). The molecule has 1 aliphatic heterocycles. The lowest BCUT2D eigenvalue weighted by molar-refractivity contribution is 0.00578. The highest BCUT2D eigenvalue weighted by Gasteiger charge is 2.52. The quantitative estimate of drug-likeness (QED) is 0.665. The van der Waals surface area contributed by atoms with E-state index in [4.69, 9.17) is 15.0 Å². The molecule has 2 heterocycles. The molecule has 1 aromatic heterocycles. The number of hydrogen-bond donors (Lipinski definition) is 2. The van der Waals surface area contributed by atoms with Crippen molar-refractivity contribution in [3.8, 4) is 0 Å². The Morgan fingerprint density at radius 2 is 2.00 bits per heavy atom. The molecule has 1 fully saturated rings. The van der Waals surface area contributed by atoms with Crippen LogP contribution in [0.4, 0.5) is 5.13 Å². The van der Waals surface area contributed by atoms with Crippen LogP contribution in [0.1, 0.15) is 32.6 Å². The summed E-state index contributed by atoms with van der Waals surface area (Å²) in [5.41, 5.74) is 5.93. The first-order valence-electron chi connectivity index (χ1n) is 6.13. The zero-order chi connectivity index (χ0) is 14.3. The van der Waals surface area contributed by atoms with E-state index in [0.717, 1.165) is 10.3 Å². The molecule has 7 heteroatoms. The summed E-state index contributed by atoms with van der Waals surface area (Å²) in [5, 5.41) is 0.554. The lowest BCUT2D eigenvalue weighted by atomic mass is 9.79. The van der Waals surface area contributed by atoms with Gasteiger partial charge in [-0.25, -0.2) is 4.98 Å². The molecule has 0 aromatic carbocycles. The number of thiazole rings is 1. The lowest BCUT2D eigenvalue weighted by Crippen LogP contribution is -2.41. The molecule has 0 radical (unpaired) electrons. The molecule has 0 spiro atoms. The maximum absolute atomic E-state index is 6.01. The summed E-state index contributed by atoms with van der Waals surface area (Å²) >= 11 is 5.80. The van der Waals surface area contributed by atoms with Crippen LogP contribution in [0.15, 0.2) is 11.7 Å². The van der Waals surface area contributed by atoms with Gasteiger partial charge in [0.05, 0.1) is 11.2 Å². The predicted octanol–water partition coefficient (Wildman–Crippen LogP) is 2.67. The number of anilines is 1. The fourth-order valence-corrected chi connectivity index (χ4v) is 2.64. The van der Waals surface area contributed by atoms with Crippen molar-refractivity contribution in [2.45, 2.75) is 38.9 Å². The molecule has 0 atom stereocenters. The van der Waals surface area contributed by atoms with E-state index < -0.39 is 0 Å². The molecule has 0 amide bonds. The molecule has 1 saturated heterocycles. The van der Waals surface area contributed by atoms with Crippen molar-refractivity contribution < 1.29 is 9.31 Å². The molecule has 1 aliphatic rings. The third-order valence-electron chi connectivity index (χ3n) is 3.61. The van der Waals surface area contributed by atoms with Crippen molar-refractivity contribution in [1.82, 2.24) is 4.98 Å². The van der Waals surface area contributed by atoms with E-state index >= 15 is 0 Å². The predicted molar refractivity (Wildman–Crippen MR) is 84.4 cm³/mol. The van der Waals surface area contributed by atoms with Gasteiger partial charge in [-0.1, -0.05) is 11.3 Å². The van der Waals surface area contributed by atoms with Crippen LogP contribution in [-0.2, 0) is 9.31 Å². The highest BCUT2D eigenvalue weighted by Crippen LogP contribution is 2.39. The lowest BCUT2D eigenvalue weighted by Gasteiger charge is -2.32. The van der Waals surface area contributed by atoms with Crippen molar-refractivity contribution in [3.63, 3.8) is 0 Å². The van der Waals surface area contributed by atoms with Gasteiger partial charge in [0.25, 0.3) is 0 Å². The summed E-state index contributed by atoms with van der Waals surface area (Å²) in [6.07, 6.45) is 3.73. The summed E-state index contributed by atoms with van der Waals surface area (Å²) in [6.45, 7) is 8.14. The average Bonchev–Trinajstić information content (AvgIpc) is 2.78. The van der Waals surface area contributed by atoms with Gasteiger partial charge in [-0.2, -0.15) is 12.6 Å². The Morgan fingerprint density at radius 3 is 2.42 bits per heavy atom. The molecule has 104 valence electrons. The molecule has 4 nitrogen and oxygen atoms in total. The molecule has 19 heavy (non-hydrogen) atoms. The van der Waals surface area contributed by atoms with Gasteiger partial charge in [-0.3, -0.25) is 0 Å². The Hall–Kier alpha value is -0.495. The Morgan fingerprint density at radius 1 is 1.42 bits per heavy atom. The van der Waals surface area contributed by atoms with Crippen LogP contribution < -0.4 is 5.73 Å². The monoisotopic (exact) mass is 298 g/mol. The number of nitrogen functional groups attached to an aromatic ring is 1. The second-order valence-corrected chi connectivity index (χ2v) is 6.98. The fraction of sp³-hybridized carbons (Fsp3) is 0.583. The average molecular weight is 298 g/mol. The van der Waals surface area contributed by atoms with Gasteiger partial charge >= 0.3 is 7.12 Å². The SMILES string of the molecule is CC1(C)OB(C(=Cc2cnc(N)s2)CS)OC1(C)C. The van der Waals surface area contributed by atoms with Crippen LogP contribution in [0.3, 0.4) is 0 Å². The highest BCUT2D eigenvalue weighted by atomic mass is 32.1. The Bertz CT molecular complexity index is 484. The third kappa shape index (κ3) is 2.99. The number of rotatable bonds is 3. The zero-order valence-corrected chi connectivity index (χ0v) is 13.3. The Kier molecular flexibility index (Phi) is 4.02. The second kappa shape index (κ2) is 5.12. The first kappa shape index (κ1) is 14.9. The Balaban J connectivity index is 2.23. The maximum Gasteiger partial charge on any atom is 0.491 e. The molecule has 0 saturated carbocycles. The Labute approximate surface area is 123 Å². The number of nitrogens with zero attached hydrogens (tertiary/aromatic N) is 1. The first-order chi connectivity index (χ1) is 8.75. The van der Waals surface area contributed by atoms with E-state index in [9.17, 15) is 0 Å². The van der Waals surface area contributed by atoms with Gasteiger partial charge in [0.2, 0.25) is 0 Å². The van der Waals surface area contributed by atoms with Crippen LogP contribution in [0, 0.1) is 0 Å². The van der Waals surface area contributed by atoms with Gasteiger partial charge in [-0.05, 0) is 39.2 Å². The van der Waals surface area contributed by atoms with Crippen LogP contribution >= 0.6 is 24.0 Å². The minimum absolute atomic E-state index is 0.341. The summed E-state index contributed by atoms with van der Waals surface area (Å²) in [6, 6.07) is 0. The highest BCUT2D eigenvalue weighted by molar-refractivity contribution is 7.80. The normalized spacial score (nSPS) is 21.9. The molecular weight excluding hydrogens is 279 g/mol. The largest absolute Gasteiger partial charge is 0.491 e. The molecule has 1 aromatic rings. The van der Waals surface area contributed by atoms with Crippen molar-refractivity contribution in [1.29, 1.82) is 0 Å². The van der Waals surface area contributed by atoms with Crippen molar-refractivity contribution in [3.05, 3.63) is 16.5 Å². The van der Waals surface area contributed by atoms with Crippen LogP contribution in [0.5, 0.6) is 0 Å². The van der Waals surface area contributed by atoms with Crippen molar-refractivity contribution in [2.24, 2.45) is 0 Å². The molecule has 2 rings (SSSR count). The smallest absolute Gasteiger partial charge is 0.400 e. The van der Waals surface area contributed by atoms with Crippen molar-refractivity contribution in [2.75, 3.05) is 11.5 Å². The van der Waals surface area contributed by atoms with Crippen LogP contribution in [0.25, 0.3) is 6.08 Å². The molecule has 0 unspecified atom stereocenters. The van der Waals surface area contributed by atoms with E-state index in [1.165, 1.54) is 11.3 Å². The van der Waals surface area contributed by atoms with Gasteiger partial charge < -0.3 is 15.0 Å². The molecule has 2 N–H and O–H groups in total. The maximum atomic E-state index is 6.01. The van der Waals surface area contributed by atoms with E-state index in [-0.39, 0.29) is 18.3 Å². The van der Waals surface area contributed by atoms with E-state index in [1.54, 1.807) is 6.20 Å². The van der Waals surface area contributed by atoms with Crippen LogP contribution in [-0.4, -0.2) is 29.1 Å². The van der Waals surface area contributed by atoms with Gasteiger partial charge in [0, 0.05) is 16.8 Å². The van der Waals surface area contributed by atoms with E-state index in [2.05, 4.69) is 17.6 Å². The third-order valence-corrected chi connectivity index (χ3v) is 4.75. The van der Waals surface area contributed by atoms with E-state index in [1.807, 2.05) is 33.8 Å².